The normalized spacial score (nSPS) is 12.4. The lowest BCUT2D eigenvalue weighted by Crippen LogP contribution is -2.22. The van der Waals surface area contributed by atoms with Crippen LogP contribution in [-0.4, -0.2) is 13.1 Å². The van der Waals surface area contributed by atoms with Crippen molar-refractivity contribution in [1.82, 2.24) is 5.32 Å². The summed E-state index contributed by atoms with van der Waals surface area (Å²) in [5.74, 6) is -0.0614. The fraction of sp³-hybridized carbons (Fsp3) is 0.294. The maximum absolute atomic E-state index is 13.6. The highest BCUT2D eigenvalue weighted by Crippen LogP contribution is 2.25. The molecule has 2 aromatic carbocycles. The number of nitrogens with one attached hydrogen (secondary N) is 1. The van der Waals surface area contributed by atoms with Gasteiger partial charge >= 0.3 is 0 Å². The molecule has 1 N–H and O–H groups in total. The van der Waals surface area contributed by atoms with Crippen LogP contribution in [0.15, 0.2) is 46.9 Å². The molecule has 0 saturated heterocycles. The molecule has 1 atom stereocenters. The van der Waals surface area contributed by atoms with Gasteiger partial charge < -0.3 is 5.32 Å². The predicted octanol–water partition coefficient (Wildman–Crippen LogP) is 5.18. The second-order valence-corrected chi connectivity index (χ2v) is 6.34. The first-order valence-electron chi connectivity index (χ1n) is 7.00. The molecule has 1 nitrogen and oxygen atoms in total. The van der Waals surface area contributed by atoms with Crippen molar-refractivity contribution in [3.05, 3.63) is 68.9 Å². The van der Waals surface area contributed by atoms with E-state index in [0.717, 1.165) is 29.5 Å². The third kappa shape index (κ3) is 4.80. The van der Waals surface area contributed by atoms with E-state index in [9.17, 15) is 4.39 Å². The van der Waals surface area contributed by atoms with Crippen molar-refractivity contribution in [2.24, 2.45) is 0 Å². The molecule has 4 heteroatoms. The van der Waals surface area contributed by atoms with E-state index in [1.54, 1.807) is 6.07 Å². The summed E-state index contributed by atoms with van der Waals surface area (Å²) < 4.78 is 14.7. The van der Waals surface area contributed by atoms with Gasteiger partial charge in [-0.1, -0.05) is 52.7 Å². The van der Waals surface area contributed by atoms with Gasteiger partial charge in [0.15, 0.2) is 0 Å². The summed E-state index contributed by atoms with van der Waals surface area (Å²) in [6, 6.07) is 13.3. The van der Waals surface area contributed by atoms with Gasteiger partial charge in [0.1, 0.15) is 5.82 Å². The van der Waals surface area contributed by atoms with Crippen LogP contribution in [0.25, 0.3) is 0 Å². The third-order valence-corrected chi connectivity index (χ3v) is 4.23. The van der Waals surface area contributed by atoms with Crippen LogP contribution < -0.4 is 5.32 Å². The highest BCUT2D eigenvalue weighted by atomic mass is 79.9. The van der Waals surface area contributed by atoms with Crippen LogP contribution in [0.3, 0.4) is 0 Å². The molecule has 0 radical (unpaired) electrons. The van der Waals surface area contributed by atoms with Gasteiger partial charge in [0, 0.05) is 16.9 Å². The molecular weight excluding hydrogens is 353 g/mol. The molecular formula is C17H18BrClFN. The van der Waals surface area contributed by atoms with E-state index in [-0.39, 0.29) is 10.8 Å². The van der Waals surface area contributed by atoms with Crippen LogP contribution in [0.2, 0.25) is 5.02 Å². The van der Waals surface area contributed by atoms with Crippen LogP contribution in [0.5, 0.6) is 0 Å². The van der Waals surface area contributed by atoms with Crippen LogP contribution in [-0.2, 0) is 6.42 Å². The number of likely N-dealkylation sites (N-methyl/N-ethyl adjacent to an activating group) is 1. The largest absolute Gasteiger partial charge is 0.316 e. The lowest BCUT2D eigenvalue weighted by molar-refractivity contribution is 0.588. The standard InChI is InChI=1S/C17H18BrClFN/c1-2-21-11-14(13-4-3-5-15(18)10-13)8-12-6-7-16(19)17(20)9-12/h3-7,9-10,14,21H,2,8,11H2,1H3. The minimum Gasteiger partial charge on any atom is -0.316 e. The molecule has 0 fully saturated rings. The number of halogens is 3. The molecule has 0 aromatic heterocycles. The van der Waals surface area contributed by atoms with Crippen molar-refractivity contribution in [1.29, 1.82) is 0 Å². The Hall–Kier alpha value is -0.900. The van der Waals surface area contributed by atoms with E-state index >= 15 is 0 Å². The number of hydrogen-bond donors (Lipinski definition) is 1. The molecule has 0 bridgehead atoms. The molecule has 0 spiro atoms. The first-order valence-corrected chi connectivity index (χ1v) is 8.17. The van der Waals surface area contributed by atoms with E-state index < -0.39 is 0 Å². The summed E-state index contributed by atoms with van der Waals surface area (Å²) in [6.07, 6.45) is 0.775. The molecule has 2 rings (SSSR count). The summed E-state index contributed by atoms with van der Waals surface area (Å²) >= 11 is 9.25. The Morgan fingerprint density at radius 3 is 2.71 bits per heavy atom. The lowest BCUT2D eigenvalue weighted by atomic mass is 9.92. The Morgan fingerprint density at radius 1 is 1.24 bits per heavy atom. The molecule has 0 saturated carbocycles. The van der Waals surface area contributed by atoms with Crippen molar-refractivity contribution in [3.63, 3.8) is 0 Å². The fourth-order valence-corrected chi connectivity index (χ4v) is 2.87. The van der Waals surface area contributed by atoms with Crippen molar-refractivity contribution in [3.8, 4) is 0 Å². The average Bonchev–Trinajstić information content (AvgIpc) is 2.47. The van der Waals surface area contributed by atoms with Crippen LogP contribution >= 0.6 is 27.5 Å². The van der Waals surface area contributed by atoms with E-state index in [0.29, 0.717) is 5.92 Å². The quantitative estimate of drug-likeness (QED) is 0.739. The summed E-state index contributed by atoms with van der Waals surface area (Å²) in [5, 5.41) is 3.55. The molecule has 2 aromatic rings. The average molecular weight is 371 g/mol. The Balaban J connectivity index is 2.21. The van der Waals surface area contributed by atoms with Gasteiger partial charge in [-0.05, 0) is 48.4 Å². The summed E-state index contributed by atoms with van der Waals surface area (Å²) in [7, 11) is 0. The van der Waals surface area contributed by atoms with E-state index in [4.69, 9.17) is 11.6 Å². The van der Waals surface area contributed by atoms with E-state index in [2.05, 4.69) is 40.3 Å². The maximum Gasteiger partial charge on any atom is 0.142 e. The zero-order valence-electron chi connectivity index (χ0n) is 11.9. The SMILES string of the molecule is CCNCC(Cc1ccc(Cl)c(F)c1)c1cccc(Br)c1. The Morgan fingerprint density at radius 2 is 2.05 bits per heavy atom. The molecule has 0 aliphatic rings. The highest BCUT2D eigenvalue weighted by Gasteiger charge is 2.13. The van der Waals surface area contributed by atoms with Gasteiger partial charge in [0.2, 0.25) is 0 Å². The van der Waals surface area contributed by atoms with Crippen LogP contribution in [0.4, 0.5) is 4.39 Å². The van der Waals surface area contributed by atoms with Gasteiger partial charge in [-0.3, -0.25) is 0 Å². The van der Waals surface area contributed by atoms with Gasteiger partial charge in [-0.2, -0.15) is 0 Å². The Kier molecular flexibility index (Phi) is 6.22. The first-order chi connectivity index (χ1) is 10.1. The monoisotopic (exact) mass is 369 g/mol. The summed E-state index contributed by atoms with van der Waals surface area (Å²) in [6.45, 7) is 3.86. The van der Waals surface area contributed by atoms with E-state index in [1.807, 2.05) is 18.2 Å². The molecule has 112 valence electrons. The van der Waals surface area contributed by atoms with Crippen LogP contribution in [0, 0.1) is 5.82 Å². The molecule has 0 amide bonds. The summed E-state index contributed by atoms with van der Waals surface area (Å²) in [5.41, 5.74) is 2.19. The van der Waals surface area contributed by atoms with Gasteiger partial charge in [0.25, 0.3) is 0 Å². The van der Waals surface area contributed by atoms with Crippen molar-refractivity contribution >= 4 is 27.5 Å². The zero-order valence-corrected chi connectivity index (χ0v) is 14.2. The Labute approximate surface area is 138 Å². The lowest BCUT2D eigenvalue weighted by Gasteiger charge is -2.18. The van der Waals surface area contributed by atoms with Crippen molar-refractivity contribution in [2.75, 3.05) is 13.1 Å². The highest BCUT2D eigenvalue weighted by molar-refractivity contribution is 9.10. The minimum atomic E-state index is -0.356. The summed E-state index contributed by atoms with van der Waals surface area (Å²) in [4.78, 5) is 0. The predicted molar refractivity (Wildman–Crippen MR) is 90.5 cm³/mol. The maximum atomic E-state index is 13.6. The topological polar surface area (TPSA) is 12.0 Å². The molecule has 21 heavy (non-hydrogen) atoms. The number of hydrogen-bond acceptors (Lipinski definition) is 1. The molecule has 0 heterocycles. The Bertz CT molecular complexity index is 603. The second-order valence-electron chi connectivity index (χ2n) is 5.01. The minimum absolute atomic E-state index is 0.171. The molecule has 0 aliphatic heterocycles. The third-order valence-electron chi connectivity index (χ3n) is 3.43. The van der Waals surface area contributed by atoms with Gasteiger partial charge in [-0.15, -0.1) is 0 Å². The zero-order chi connectivity index (χ0) is 15.2. The number of rotatable bonds is 6. The van der Waals surface area contributed by atoms with Gasteiger partial charge in [0.05, 0.1) is 5.02 Å². The van der Waals surface area contributed by atoms with Crippen LogP contribution in [0.1, 0.15) is 24.0 Å². The molecule has 1 unspecified atom stereocenters. The second kappa shape index (κ2) is 7.92. The smallest absolute Gasteiger partial charge is 0.142 e. The first kappa shape index (κ1) is 16.5. The van der Waals surface area contributed by atoms with Crippen molar-refractivity contribution in [2.45, 2.75) is 19.3 Å². The fourth-order valence-electron chi connectivity index (χ4n) is 2.34. The number of benzene rings is 2. The molecule has 0 aliphatic carbocycles. The van der Waals surface area contributed by atoms with Crippen molar-refractivity contribution < 1.29 is 4.39 Å². The van der Waals surface area contributed by atoms with E-state index in [1.165, 1.54) is 11.6 Å². The van der Waals surface area contributed by atoms with Gasteiger partial charge in [-0.25, -0.2) is 4.39 Å².